The maximum atomic E-state index is 12.1. The van der Waals surface area contributed by atoms with Crippen molar-refractivity contribution in [2.75, 3.05) is 33.7 Å². The first-order valence-corrected chi connectivity index (χ1v) is 11.3. The third-order valence-electron chi connectivity index (χ3n) is 4.83. The van der Waals surface area contributed by atoms with Gasteiger partial charge in [-0.05, 0) is 48.6 Å². The number of nitrogens with zero attached hydrogens (tertiary/aromatic N) is 2. The van der Waals surface area contributed by atoms with Crippen LogP contribution < -0.4 is 10.6 Å². The average Bonchev–Trinajstić information content (AvgIpc) is 3.21. The highest BCUT2D eigenvalue weighted by molar-refractivity contribution is 14.0. The second kappa shape index (κ2) is 12.8. The number of hydrogen-bond acceptors (Lipinski definition) is 4. The number of aliphatic imine (C=N–C) groups is 1. The minimum Gasteiger partial charge on any atom is -0.386 e. The van der Waals surface area contributed by atoms with Gasteiger partial charge in [-0.25, -0.2) is 0 Å². The van der Waals surface area contributed by atoms with Crippen LogP contribution in [0.25, 0.3) is 10.1 Å². The Morgan fingerprint density at radius 1 is 1.12 bits per heavy atom. The molecule has 3 N–H and O–H groups in total. The monoisotopic (exact) mass is 566 g/mol. The summed E-state index contributed by atoms with van der Waals surface area (Å²) in [5.41, 5.74) is 1.77. The number of hydrogen-bond donors (Lipinski definition) is 3. The van der Waals surface area contributed by atoms with Gasteiger partial charge in [-0.3, -0.25) is 9.79 Å². The van der Waals surface area contributed by atoms with Crippen molar-refractivity contribution < 1.29 is 9.90 Å². The Morgan fingerprint density at radius 2 is 1.91 bits per heavy atom. The summed E-state index contributed by atoms with van der Waals surface area (Å²) in [6.45, 7) is 3.70. The van der Waals surface area contributed by atoms with Crippen LogP contribution in [0, 0.1) is 0 Å². The number of halogens is 1. The Balaban J connectivity index is 0.00000363. The van der Waals surface area contributed by atoms with Crippen molar-refractivity contribution in [1.29, 1.82) is 0 Å². The van der Waals surface area contributed by atoms with E-state index in [1.807, 2.05) is 49.4 Å². The molecule has 1 atom stereocenters. The molecule has 1 amide bonds. The number of amides is 1. The summed E-state index contributed by atoms with van der Waals surface area (Å²) < 4.78 is 1.17. The van der Waals surface area contributed by atoms with Gasteiger partial charge in [-0.15, -0.1) is 35.3 Å². The number of carbonyl (C=O) groups excluding carboxylic acids is 1. The van der Waals surface area contributed by atoms with E-state index in [0.717, 1.165) is 28.8 Å². The fourth-order valence-electron chi connectivity index (χ4n) is 3.22. The van der Waals surface area contributed by atoms with Gasteiger partial charge in [-0.1, -0.05) is 30.3 Å². The highest BCUT2D eigenvalue weighted by atomic mass is 127. The quantitative estimate of drug-likeness (QED) is 0.219. The van der Waals surface area contributed by atoms with Gasteiger partial charge >= 0.3 is 0 Å². The van der Waals surface area contributed by atoms with E-state index in [2.05, 4.69) is 27.8 Å². The zero-order chi connectivity index (χ0) is 22.2. The van der Waals surface area contributed by atoms with Crippen molar-refractivity contribution in [3.63, 3.8) is 0 Å². The molecule has 8 heteroatoms. The number of aliphatic hydroxyl groups excluding tert-OH is 1. The lowest BCUT2D eigenvalue weighted by atomic mass is 10.1. The second-order valence-electron chi connectivity index (χ2n) is 7.50. The minimum absolute atomic E-state index is 0. The Labute approximate surface area is 210 Å². The van der Waals surface area contributed by atoms with Crippen LogP contribution in [0.4, 0.5) is 0 Å². The standard InChI is InChI=1S/C24H30N4O2S.HI/c1-4-25-24(26-13-12-17-8-7-10-19(14-17)23(30)28(2)3)27-16-20(29)22-15-18-9-5-6-11-21(18)31-22;/h5-11,14-15,20,29H,4,12-13,16H2,1-3H3,(H2,25,26,27);1H. The number of rotatable bonds is 8. The van der Waals surface area contributed by atoms with Crippen molar-refractivity contribution in [1.82, 2.24) is 15.5 Å². The number of benzene rings is 2. The van der Waals surface area contributed by atoms with Gasteiger partial charge in [0.15, 0.2) is 5.96 Å². The highest BCUT2D eigenvalue weighted by Gasteiger charge is 2.12. The summed E-state index contributed by atoms with van der Waals surface area (Å²) in [4.78, 5) is 19.2. The van der Waals surface area contributed by atoms with Crippen LogP contribution in [-0.2, 0) is 6.42 Å². The molecule has 0 aliphatic rings. The summed E-state index contributed by atoms with van der Waals surface area (Å²) in [7, 11) is 3.51. The predicted molar refractivity (Wildman–Crippen MR) is 144 cm³/mol. The lowest BCUT2D eigenvalue weighted by molar-refractivity contribution is 0.0827. The van der Waals surface area contributed by atoms with Crippen LogP contribution in [0.3, 0.4) is 0 Å². The average molecular weight is 567 g/mol. The molecule has 0 saturated heterocycles. The Hall–Kier alpha value is -2.17. The van der Waals surface area contributed by atoms with Crippen LogP contribution in [0.15, 0.2) is 59.6 Å². The second-order valence-corrected chi connectivity index (χ2v) is 8.61. The zero-order valence-electron chi connectivity index (χ0n) is 18.7. The molecule has 0 saturated carbocycles. The van der Waals surface area contributed by atoms with E-state index in [-0.39, 0.29) is 36.4 Å². The molecule has 0 aliphatic heterocycles. The molecule has 1 unspecified atom stereocenters. The van der Waals surface area contributed by atoms with Crippen molar-refractivity contribution >= 4 is 57.3 Å². The summed E-state index contributed by atoms with van der Waals surface area (Å²) >= 11 is 1.60. The van der Waals surface area contributed by atoms with Gasteiger partial charge in [0.2, 0.25) is 0 Å². The lowest BCUT2D eigenvalue weighted by Gasteiger charge is -2.13. The molecule has 0 fully saturated rings. The molecule has 3 aromatic rings. The molecular weight excluding hydrogens is 535 g/mol. The Kier molecular flexibility index (Phi) is 10.4. The number of fused-ring (bicyclic) bond motifs is 1. The van der Waals surface area contributed by atoms with Crippen LogP contribution >= 0.6 is 35.3 Å². The van der Waals surface area contributed by atoms with E-state index in [1.165, 1.54) is 4.70 Å². The smallest absolute Gasteiger partial charge is 0.253 e. The number of aliphatic hydroxyl groups is 1. The van der Waals surface area contributed by atoms with E-state index in [1.54, 1.807) is 30.3 Å². The maximum Gasteiger partial charge on any atom is 0.253 e. The third kappa shape index (κ3) is 7.18. The van der Waals surface area contributed by atoms with Crippen LogP contribution in [-0.4, -0.2) is 55.6 Å². The van der Waals surface area contributed by atoms with Gasteiger partial charge in [0.25, 0.3) is 5.91 Å². The van der Waals surface area contributed by atoms with Gasteiger partial charge < -0.3 is 20.6 Å². The molecule has 6 nitrogen and oxygen atoms in total. The van der Waals surface area contributed by atoms with Crippen molar-refractivity contribution in [2.45, 2.75) is 19.4 Å². The molecule has 1 heterocycles. The summed E-state index contributed by atoms with van der Waals surface area (Å²) in [5, 5.41) is 18.3. The topological polar surface area (TPSA) is 77.0 Å². The SMILES string of the molecule is CCNC(=NCC(O)c1cc2ccccc2s1)NCCc1cccc(C(=O)N(C)C)c1.I. The molecule has 32 heavy (non-hydrogen) atoms. The van der Waals surface area contributed by atoms with Gasteiger partial charge in [0.1, 0.15) is 6.10 Å². The van der Waals surface area contributed by atoms with Crippen LogP contribution in [0.1, 0.15) is 33.8 Å². The third-order valence-corrected chi connectivity index (χ3v) is 6.04. The molecule has 0 spiro atoms. The molecule has 2 aromatic carbocycles. The normalized spacial score (nSPS) is 12.2. The fourth-order valence-corrected chi connectivity index (χ4v) is 4.26. The number of guanidine groups is 1. The summed E-state index contributed by atoms with van der Waals surface area (Å²) in [5.74, 6) is 0.670. The molecule has 3 rings (SSSR count). The van der Waals surface area contributed by atoms with Crippen molar-refractivity contribution in [3.05, 3.63) is 70.6 Å². The number of nitrogens with one attached hydrogen (secondary N) is 2. The van der Waals surface area contributed by atoms with Gasteiger partial charge in [0, 0.05) is 42.3 Å². The molecule has 172 valence electrons. The molecule has 0 radical (unpaired) electrons. The lowest BCUT2D eigenvalue weighted by Crippen LogP contribution is -2.38. The van der Waals surface area contributed by atoms with Gasteiger partial charge in [0.05, 0.1) is 6.54 Å². The maximum absolute atomic E-state index is 12.1. The van der Waals surface area contributed by atoms with E-state index in [9.17, 15) is 9.90 Å². The molecular formula is C24H31IN4O2S. The first kappa shape index (κ1) is 26.1. The minimum atomic E-state index is -0.637. The van der Waals surface area contributed by atoms with Crippen molar-refractivity contribution in [3.8, 4) is 0 Å². The number of carbonyl (C=O) groups is 1. The predicted octanol–water partition coefficient (Wildman–Crippen LogP) is 4.05. The Morgan fingerprint density at radius 3 is 2.62 bits per heavy atom. The first-order chi connectivity index (χ1) is 15.0. The highest BCUT2D eigenvalue weighted by Crippen LogP contribution is 2.29. The van der Waals surface area contributed by atoms with Crippen molar-refractivity contribution in [2.24, 2.45) is 4.99 Å². The van der Waals surface area contributed by atoms with E-state index in [0.29, 0.717) is 18.1 Å². The Bertz CT molecular complexity index is 1020. The molecule has 0 aliphatic carbocycles. The largest absolute Gasteiger partial charge is 0.386 e. The zero-order valence-corrected chi connectivity index (χ0v) is 21.8. The van der Waals surface area contributed by atoms with E-state index >= 15 is 0 Å². The first-order valence-electron chi connectivity index (χ1n) is 10.5. The molecule has 0 bridgehead atoms. The number of thiophene rings is 1. The van der Waals surface area contributed by atoms with Gasteiger partial charge in [-0.2, -0.15) is 0 Å². The van der Waals surface area contributed by atoms with Crippen LogP contribution in [0.2, 0.25) is 0 Å². The fraction of sp³-hybridized carbons (Fsp3) is 0.333. The summed E-state index contributed by atoms with van der Waals surface area (Å²) in [6, 6.07) is 17.8. The summed E-state index contributed by atoms with van der Waals surface area (Å²) in [6.07, 6.45) is 0.124. The van der Waals surface area contributed by atoms with Crippen LogP contribution in [0.5, 0.6) is 0 Å². The van der Waals surface area contributed by atoms with E-state index < -0.39 is 6.10 Å². The molecule has 1 aromatic heterocycles. The van der Waals surface area contributed by atoms with E-state index in [4.69, 9.17) is 0 Å².